The SMILES string of the molecule is COC(=O)c1ccnc(Nc2ccc3c(c2)CCC3)c1N. The number of aryl methyl sites for hydroxylation is 2. The molecule has 5 heteroatoms. The number of hydrogen-bond acceptors (Lipinski definition) is 5. The highest BCUT2D eigenvalue weighted by atomic mass is 16.5. The molecule has 0 aliphatic heterocycles. The van der Waals surface area contributed by atoms with E-state index in [1.54, 1.807) is 6.07 Å². The first-order valence-corrected chi connectivity index (χ1v) is 6.90. The zero-order chi connectivity index (χ0) is 14.8. The fourth-order valence-corrected chi connectivity index (χ4v) is 2.65. The van der Waals surface area contributed by atoms with Gasteiger partial charge in [-0.1, -0.05) is 6.07 Å². The van der Waals surface area contributed by atoms with Crippen LogP contribution in [0.25, 0.3) is 0 Å². The summed E-state index contributed by atoms with van der Waals surface area (Å²) in [5, 5.41) is 3.18. The van der Waals surface area contributed by atoms with Crippen LogP contribution in [0.1, 0.15) is 27.9 Å². The number of ether oxygens (including phenoxy) is 1. The molecule has 108 valence electrons. The van der Waals surface area contributed by atoms with E-state index in [0.29, 0.717) is 17.1 Å². The second-order valence-electron chi connectivity index (χ2n) is 5.07. The minimum Gasteiger partial charge on any atom is -0.465 e. The van der Waals surface area contributed by atoms with Crippen LogP contribution in [-0.2, 0) is 17.6 Å². The number of esters is 1. The number of carbonyl (C=O) groups excluding carboxylic acids is 1. The Bertz CT molecular complexity index is 698. The van der Waals surface area contributed by atoms with Crippen LogP contribution in [0.4, 0.5) is 17.2 Å². The summed E-state index contributed by atoms with van der Waals surface area (Å²) < 4.78 is 4.71. The quantitative estimate of drug-likeness (QED) is 0.847. The number of nitrogens with one attached hydrogen (secondary N) is 1. The predicted molar refractivity (Wildman–Crippen MR) is 81.7 cm³/mol. The number of pyridine rings is 1. The Labute approximate surface area is 123 Å². The molecule has 0 saturated heterocycles. The van der Waals surface area contributed by atoms with Crippen LogP contribution in [0, 0.1) is 0 Å². The summed E-state index contributed by atoms with van der Waals surface area (Å²) in [6, 6.07) is 7.81. The molecular weight excluding hydrogens is 266 g/mol. The number of rotatable bonds is 3. The smallest absolute Gasteiger partial charge is 0.340 e. The van der Waals surface area contributed by atoms with Crippen molar-refractivity contribution < 1.29 is 9.53 Å². The van der Waals surface area contributed by atoms with Gasteiger partial charge in [0.2, 0.25) is 0 Å². The molecule has 21 heavy (non-hydrogen) atoms. The van der Waals surface area contributed by atoms with Gasteiger partial charge < -0.3 is 15.8 Å². The van der Waals surface area contributed by atoms with Crippen LogP contribution < -0.4 is 11.1 Å². The average Bonchev–Trinajstić information content (AvgIpc) is 2.96. The highest BCUT2D eigenvalue weighted by Crippen LogP contribution is 2.28. The first-order chi connectivity index (χ1) is 10.2. The van der Waals surface area contributed by atoms with Crippen LogP contribution in [0.2, 0.25) is 0 Å². The molecular formula is C16H17N3O2. The van der Waals surface area contributed by atoms with Crippen molar-refractivity contribution >= 4 is 23.2 Å². The molecule has 0 bridgehead atoms. The van der Waals surface area contributed by atoms with E-state index in [1.165, 1.54) is 30.9 Å². The molecule has 1 aromatic carbocycles. The summed E-state index contributed by atoms with van der Waals surface area (Å²) in [5.74, 6) is 0.00255. The normalized spacial score (nSPS) is 12.8. The van der Waals surface area contributed by atoms with Crippen LogP contribution in [0.5, 0.6) is 0 Å². The number of fused-ring (bicyclic) bond motifs is 1. The van der Waals surface area contributed by atoms with Gasteiger partial charge in [0.15, 0.2) is 5.82 Å². The van der Waals surface area contributed by atoms with Crippen LogP contribution in [0.15, 0.2) is 30.5 Å². The van der Waals surface area contributed by atoms with Gasteiger partial charge in [0.1, 0.15) is 0 Å². The minimum atomic E-state index is -0.466. The highest BCUT2D eigenvalue weighted by molar-refractivity contribution is 5.97. The van der Waals surface area contributed by atoms with Gasteiger partial charge in [0.25, 0.3) is 0 Å². The molecule has 3 N–H and O–H groups in total. The Balaban J connectivity index is 1.90. The maximum atomic E-state index is 11.6. The lowest BCUT2D eigenvalue weighted by Gasteiger charge is -2.12. The number of aromatic nitrogens is 1. The molecule has 1 aromatic heterocycles. The molecule has 5 nitrogen and oxygen atoms in total. The molecule has 0 fully saturated rings. The van der Waals surface area contributed by atoms with E-state index in [-0.39, 0.29) is 0 Å². The van der Waals surface area contributed by atoms with Crippen molar-refractivity contribution in [1.82, 2.24) is 4.98 Å². The maximum absolute atomic E-state index is 11.6. The molecule has 1 heterocycles. The van der Waals surface area contributed by atoms with Gasteiger partial charge in [-0.25, -0.2) is 9.78 Å². The van der Waals surface area contributed by atoms with Gasteiger partial charge >= 0.3 is 5.97 Å². The van der Waals surface area contributed by atoms with Crippen molar-refractivity contribution in [3.05, 3.63) is 47.2 Å². The number of carbonyl (C=O) groups is 1. The lowest BCUT2D eigenvalue weighted by molar-refractivity contribution is 0.0602. The van der Waals surface area contributed by atoms with Crippen LogP contribution in [0.3, 0.4) is 0 Å². The average molecular weight is 283 g/mol. The largest absolute Gasteiger partial charge is 0.465 e. The van der Waals surface area contributed by atoms with Gasteiger partial charge in [0, 0.05) is 11.9 Å². The summed E-state index contributed by atoms with van der Waals surface area (Å²) in [7, 11) is 1.33. The third-order valence-corrected chi connectivity index (χ3v) is 3.76. The zero-order valence-electron chi connectivity index (χ0n) is 11.8. The van der Waals surface area contributed by atoms with Crippen molar-refractivity contribution in [2.24, 2.45) is 0 Å². The van der Waals surface area contributed by atoms with Crippen molar-refractivity contribution in [2.45, 2.75) is 19.3 Å². The molecule has 0 saturated carbocycles. The maximum Gasteiger partial charge on any atom is 0.340 e. The number of nitrogen functional groups attached to an aromatic ring is 1. The highest BCUT2D eigenvalue weighted by Gasteiger charge is 2.15. The molecule has 1 aliphatic carbocycles. The number of nitrogens with zero attached hydrogens (tertiary/aromatic N) is 1. The second-order valence-corrected chi connectivity index (χ2v) is 5.07. The van der Waals surface area contributed by atoms with E-state index < -0.39 is 5.97 Å². The van der Waals surface area contributed by atoms with Gasteiger partial charge in [-0.2, -0.15) is 0 Å². The number of methoxy groups -OCH3 is 1. The molecule has 0 atom stereocenters. The van der Waals surface area contributed by atoms with Crippen molar-refractivity contribution in [1.29, 1.82) is 0 Å². The number of anilines is 3. The molecule has 0 amide bonds. The lowest BCUT2D eigenvalue weighted by Crippen LogP contribution is -2.09. The Morgan fingerprint density at radius 1 is 1.29 bits per heavy atom. The minimum absolute atomic E-state index is 0.296. The fraction of sp³-hybridized carbons (Fsp3) is 0.250. The third kappa shape index (κ3) is 2.54. The van der Waals surface area contributed by atoms with Gasteiger partial charge in [0.05, 0.1) is 18.4 Å². The van der Waals surface area contributed by atoms with E-state index in [9.17, 15) is 4.79 Å². The van der Waals surface area contributed by atoms with E-state index in [2.05, 4.69) is 22.4 Å². The Kier molecular flexibility index (Phi) is 3.48. The van der Waals surface area contributed by atoms with Crippen LogP contribution in [-0.4, -0.2) is 18.1 Å². The standard InChI is InChI=1S/C16H17N3O2/c1-21-16(20)13-7-8-18-15(14(13)17)19-12-6-5-10-3-2-4-11(10)9-12/h5-9H,2-4,17H2,1H3,(H,18,19). The second kappa shape index (κ2) is 5.44. The molecule has 0 unspecified atom stereocenters. The van der Waals surface area contributed by atoms with Crippen molar-refractivity contribution in [3.8, 4) is 0 Å². The summed E-state index contributed by atoms with van der Waals surface area (Å²) in [6.07, 6.45) is 5.00. The lowest BCUT2D eigenvalue weighted by atomic mass is 10.1. The van der Waals surface area contributed by atoms with Gasteiger partial charge in [-0.05, 0) is 48.6 Å². The Morgan fingerprint density at radius 2 is 2.10 bits per heavy atom. The van der Waals surface area contributed by atoms with Crippen LogP contribution >= 0.6 is 0 Å². The predicted octanol–water partition coefficient (Wildman–Crippen LogP) is 2.68. The van der Waals surface area contributed by atoms with E-state index in [4.69, 9.17) is 10.5 Å². The summed E-state index contributed by atoms with van der Waals surface area (Å²) in [4.78, 5) is 15.8. The van der Waals surface area contributed by atoms with Gasteiger partial charge in [-0.3, -0.25) is 0 Å². The zero-order valence-corrected chi connectivity index (χ0v) is 11.8. The number of nitrogens with two attached hydrogens (primary N) is 1. The third-order valence-electron chi connectivity index (χ3n) is 3.76. The monoisotopic (exact) mass is 283 g/mol. The summed E-state index contributed by atoms with van der Waals surface area (Å²) >= 11 is 0. The fourth-order valence-electron chi connectivity index (χ4n) is 2.65. The number of hydrogen-bond donors (Lipinski definition) is 2. The Morgan fingerprint density at radius 3 is 2.90 bits per heavy atom. The Hall–Kier alpha value is -2.56. The summed E-state index contributed by atoms with van der Waals surface area (Å²) in [6.45, 7) is 0. The summed E-state index contributed by atoms with van der Waals surface area (Å²) in [5.41, 5.74) is 10.3. The molecule has 3 rings (SSSR count). The van der Waals surface area contributed by atoms with Crippen molar-refractivity contribution in [2.75, 3.05) is 18.2 Å². The van der Waals surface area contributed by atoms with E-state index >= 15 is 0 Å². The van der Waals surface area contributed by atoms with Gasteiger partial charge in [-0.15, -0.1) is 0 Å². The van der Waals surface area contributed by atoms with E-state index in [1.807, 2.05) is 6.07 Å². The molecule has 0 radical (unpaired) electrons. The molecule has 2 aromatic rings. The number of benzene rings is 1. The topological polar surface area (TPSA) is 77.2 Å². The van der Waals surface area contributed by atoms with Crippen molar-refractivity contribution in [3.63, 3.8) is 0 Å². The molecule has 0 spiro atoms. The first-order valence-electron chi connectivity index (χ1n) is 6.90. The molecule has 1 aliphatic rings. The van der Waals surface area contributed by atoms with E-state index in [0.717, 1.165) is 18.5 Å². The first kappa shape index (κ1) is 13.4.